The van der Waals surface area contributed by atoms with Crippen molar-refractivity contribution in [3.8, 4) is 0 Å². The SMILES string of the molecule is O=C(NCC1(CBr)CC1)c1csc(I)c1. The van der Waals surface area contributed by atoms with E-state index in [-0.39, 0.29) is 5.91 Å². The Morgan fingerprint density at radius 1 is 1.67 bits per heavy atom. The van der Waals surface area contributed by atoms with E-state index in [4.69, 9.17) is 0 Å². The Hall–Kier alpha value is 0.380. The molecule has 5 heteroatoms. The minimum absolute atomic E-state index is 0.0568. The van der Waals surface area contributed by atoms with Crippen LogP contribution in [-0.4, -0.2) is 17.8 Å². The Balaban J connectivity index is 1.88. The van der Waals surface area contributed by atoms with E-state index in [9.17, 15) is 4.79 Å². The third-order valence-electron chi connectivity index (χ3n) is 2.69. The lowest BCUT2D eigenvalue weighted by molar-refractivity contribution is 0.0947. The molecule has 0 atom stereocenters. The lowest BCUT2D eigenvalue weighted by Crippen LogP contribution is -2.30. The number of halogens is 2. The van der Waals surface area contributed by atoms with Crippen LogP contribution in [0, 0.1) is 8.30 Å². The third kappa shape index (κ3) is 2.94. The zero-order chi connectivity index (χ0) is 10.9. The van der Waals surface area contributed by atoms with Crippen molar-refractivity contribution in [2.24, 2.45) is 5.41 Å². The second-order valence-corrected chi connectivity index (χ2v) is 7.32. The largest absolute Gasteiger partial charge is 0.351 e. The summed E-state index contributed by atoms with van der Waals surface area (Å²) < 4.78 is 1.15. The van der Waals surface area contributed by atoms with Crippen molar-refractivity contribution in [3.05, 3.63) is 19.9 Å². The van der Waals surface area contributed by atoms with Gasteiger partial charge in [0.1, 0.15) is 0 Å². The average molecular weight is 400 g/mol. The molecule has 1 aliphatic carbocycles. The predicted molar refractivity (Wildman–Crippen MR) is 74.8 cm³/mol. The predicted octanol–water partition coefficient (Wildman–Crippen LogP) is 3.26. The summed E-state index contributed by atoms with van der Waals surface area (Å²) in [5, 5.41) is 5.90. The van der Waals surface area contributed by atoms with Gasteiger partial charge in [0.15, 0.2) is 0 Å². The van der Waals surface area contributed by atoms with Crippen LogP contribution in [0.2, 0.25) is 0 Å². The van der Waals surface area contributed by atoms with E-state index in [1.807, 2.05) is 11.4 Å². The van der Waals surface area contributed by atoms with Gasteiger partial charge in [0.25, 0.3) is 5.91 Å². The first kappa shape index (κ1) is 11.9. The van der Waals surface area contributed by atoms with Gasteiger partial charge in [-0.3, -0.25) is 4.79 Å². The van der Waals surface area contributed by atoms with Crippen molar-refractivity contribution in [1.29, 1.82) is 0 Å². The van der Waals surface area contributed by atoms with Crippen molar-refractivity contribution in [3.63, 3.8) is 0 Å². The Kier molecular flexibility index (Phi) is 3.72. The van der Waals surface area contributed by atoms with Gasteiger partial charge in [-0.05, 0) is 46.9 Å². The molecule has 1 amide bonds. The van der Waals surface area contributed by atoms with Crippen LogP contribution in [-0.2, 0) is 0 Å². The van der Waals surface area contributed by atoms with Gasteiger partial charge in [0.05, 0.1) is 8.45 Å². The van der Waals surface area contributed by atoms with Crippen LogP contribution >= 0.6 is 49.9 Å². The van der Waals surface area contributed by atoms with E-state index in [1.54, 1.807) is 11.3 Å². The van der Waals surface area contributed by atoms with Gasteiger partial charge >= 0.3 is 0 Å². The topological polar surface area (TPSA) is 29.1 Å². The third-order valence-corrected chi connectivity index (χ3v) is 5.67. The first-order valence-corrected chi connectivity index (χ1v) is 7.81. The number of rotatable bonds is 4. The molecule has 1 saturated carbocycles. The Bertz CT molecular complexity index is 375. The van der Waals surface area contributed by atoms with Crippen LogP contribution in [0.1, 0.15) is 23.2 Å². The second kappa shape index (κ2) is 4.71. The first-order valence-electron chi connectivity index (χ1n) is 4.73. The summed E-state index contributed by atoms with van der Waals surface area (Å²) in [5.74, 6) is 0.0568. The lowest BCUT2D eigenvalue weighted by atomic mass is 10.1. The summed E-state index contributed by atoms with van der Waals surface area (Å²) >= 11 is 7.33. The van der Waals surface area contributed by atoms with Crippen LogP contribution in [0.15, 0.2) is 11.4 Å². The number of hydrogen-bond donors (Lipinski definition) is 1. The van der Waals surface area contributed by atoms with E-state index < -0.39 is 0 Å². The summed E-state index contributed by atoms with van der Waals surface area (Å²) in [6.45, 7) is 0.795. The minimum Gasteiger partial charge on any atom is -0.351 e. The molecule has 0 radical (unpaired) electrons. The number of thiophene rings is 1. The monoisotopic (exact) mass is 399 g/mol. The van der Waals surface area contributed by atoms with E-state index in [2.05, 4.69) is 43.8 Å². The van der Waals surface area contributed by atoms with Gasteiger partial charge in [-0.2, -0.15) is 0 Å². The second-order valence-electron chi connectivity index (χ2n) is 3.96. The zero-order valence-electron chi connectivity index (χ0n) is 8.06. The van der Waals surface area contributed by atoms with Crippen LogP contribution < -0.4 is 5.32 Å². The molecule has 1 heterocycles. The normalized spacial score (nSPS) is 17.5. The number of amides is 1. The molecule has 0 aromatic carbocycles. The van der Waals surface area contributed by atoms with Crippen molar-refractivity contribution in [2.75, 3.05) is 11.9 Å². The molecule has 2 rings (SSSR count). The molecular weight excluding hydrogens is 389 g/mol. The van der Waals surface area contributed by atoms with E-state index >= 15 is 0 Å². The fourth-order valence-electron chi connectivity index (χ4n) is 1.33. The molecule has 1 N–H and O–H groups in total. The smallest absolute Gasteiger partial charge is 0.252 e. The fraction of sp³-hybridized carbons (Fsp3) is 0.500. The van der Waals surface area contributed by atoms with Crippen molar-refractivity contribution < 1.29 is 4.79 Å². The van der Waals surface area contributed by atoms with Crippen LogP contribution in [0.5, 0.6) is 0 Å². The number of nitrogens with one attached hydrogen (secondary N) is 1. The highest BCUT2D eigenvalue weighted by atomic mass is 127. The van der Waals surface area contributed by atoms with Gasteiger partial charge in [0, 0.05) is 17.3 Å². The molecule has 15 heavy (non-hydrogen) atoms. The number of hydrogen-bond acceptors (Lipinski definition) is 2. The van der Waals surface area contributed by atoms with Gasteiger partial charge in [-0.25, -0.2) is 0 Å². The number of alkyl halides is 1. The highest BCUT2D eigenvalue weighted by Gasteiger charge is 2.41. The van der Waals surface area contributed by atoms with Crippen molar-refractivity contribution >= 4 is 55.8 Å². The molecule has 1 aromatic rings. The number of carbonyl (C=O) groups is 1. The first-order chi connectivity index (χ1) is 7.15. The fourth-order valence-corrected chi connectivity index (χ4v) is 3.42. The molecule has 0 spiro atoms. The van der Waals surface area contributed by atoms with Gasteiger partial charge in [-0.1, -0.05) is 15.9 Å². The maximum Gasteiger partial charge on any atom is 0.252 e. The minimum atomic E-state index is 0.0568. The lowest BCUT2D eigenvalue weighted by Gasteiger charge is -2.11. The van der Waals surface area contributed by atoms with E-state index in [1.165, 1.54) is 12.8 Å². The zero-order valence-corrected chi connectivity index (χ0v) is 12.6. The Labute approximate surface area is 115 Å². The van der Waals surface area contributed by atoms with Crippen LogP contribution in [0.25, 0.3) is 0 Å². The number of carbonyl (C=O) groups excluding carboxylic acids is 1. The molecular formula is C10H11BrINOS. The molecule has 0 saturated heterocycles. The van der Waals surface area contributed by atoms with E-state index in [0.29, 0.717) is 5.41 Å². The van der Waals surface area contributed by atoms with Crippen LogP contribution in [0.4, 0.5) is 0 Å². The van der Waals surface area contributed by atoms with Crippen molar-refractivity contribution in [2.45, 2.75) is 12.8 Å². The highest BCUT2D eigenvalue weighted by Crippen LogP contribution is 2.46. The maximum atomic E-state index is 11.7. The Morgan fingerprint density at radius 2 is 2.40 bits per heavy atom. The van der Waals surface area contributed by atoms with Gasteiger partial charge in [-0.15, -0.1) is 11.3 Å². The van der Waals surface area contributed by atoms with Crippen molar-refractivity contribution in [1.82, 2.24) is 5.32 Å². The summed E-state index contributed by atoms with van der Waals surface area (Å²) in [7, 11) is 0. The average Bonchev–Trinajstić information content (AvgIpc) is 2.90. The summed E-state index contributed by atoms with van der Waals surface area (Å²) in [6.07, 6.45) is 2.44. The Morgan fingerprint density at radius 3 is 2.87 bits per heavy atom. The molecule has 82 valence electrons. The standard InChI is InChI=1S/C10H11BrINOS/c11-5-10(1-2-10)6-13-9(14)7-3-8(12)15-4-7/h3-4H,1-2,5-6H2,(H,13,14). The van der Waals surface area contributed by atoms with Gasteiger partial charge < -0.3 is 5.32 Å². The molecule has 0 unspecified atom stereocenters. The summed E-state index contributed by atoms with van der Waals surface area (Å²) in [6, 6.07) is 1.92. The quantitative estimate of drug-likeness (QED) is 0.611. The van der Waals surface area contributed by atoms with Gasteiger partial charge in [0.2, 0.25) is 0 Å². The molecule has 0 bridgehead atoms. The van der Waals surface area contributed by atoms with Crippen LogP contribution in [0.3, 0.4) is 0 Å². The molecule has 1 fully saturated rings. The van der Waals surface area contributed by atoms with E-state index in [0.717, 1.165) is 20.3 Å². The highest BCUT2D eigenvalue weighted by molar-refractivity contribution is 14.1. The summed E-state index contributed by atoms with van der Waals surface area (Å²) in [4.78, 5) is 11.7. The molecule has 1 aromatic heterocycles. The maximum absolute atomic E-state index is 11.7. The summed E-state index contributed by atoms with van der Waals surface area (Å²) in [5.41, 5.74) is 1.13. The molecule has 2 nitrogen and oxygen atoms in total. The molecule has 0 aliphatic heterocycles. The molecule has 1 aliphatic rings.